The summed E-state index contributed by atoms with van der Waals surface area (Å²) < 4.78 is 34.4. The van der Waals surface area contributed by atoms with Crippen LogP contribution in [0.3, 0.4) is 0 Å². The maximum Gasteiger partial charge on any atom is 0.306 e. The quantitative estimate of drug-likeness (QED) is 0.0321. The van der Waals surface area contributed by atoms with Gasteiger partial charge in [0.2, 0.25) is 0 Å². The highest BCUT2D eigenvalue weighted by atomic mass is 16.6. The third-order valence-corrected chi connectivity index (χ3v) is 22.4. The first-order valence-corrected chi connectivity index (χ1v) is 48.5. The minimum absolute atomic E-state index is 0.0106. The molecule has 0 amide bonds. The van der Waals surface area contributed by atoms with Gasteiger partial charge in [0.15, 0.2) is 0 Å². The standard InChI is InChI=1S/C96H184N2O12/c1-7-13-19-25-31-49-67-85-105-91(99)73-55-41-33-45-61-79-97(81-63-47-35-43-57-77-95(103)109-89(69-51-37-27-21-15-9-3)70-52-38-28-22-16-10-4)83-65-59-75-93(101)107-87-88-108-94(102)76-60-66-84-98(80-62-46-34-42-56-74-92(100)106-86-68-50-32-26-20-14-8-2)82-64-48-36-44-58-78-96(104)110-90(71-53-39-29-23-17-11-5)72-54-40-30-24-18-12-6/h89-90H,7-88H2,1-6H3. The highest BCUT2D eigenvalue weighted by molar-refractivity contribution is 5.71. The molecule has 0 aromatic rings. The fourth-order valence-corrected chi connectivity index (χ4v) is 15.1. The molecule has 0 saturated carbocycles. The molecule has 14 heteroatoms. The predicted octanol–water partition coefficient (Wildman–Crippen LogP) is 27.8. The summed E-state index contributed by atoms with van der Waals surface area (Å²) in [7, 11) is 0. The molecule has 0 radical (unpaired) electrons. The topological polar surface area (TPSA) is 164 Å². The number of ether oxygens (including phenoxy) is 6. The van der Waals surface area contributed by atoms with Crippen molar-refractivity contribution in [3.63, 3.8) is 0 Å². The van der Waals surface area contributed by atoms with E-state index < -0.39 is 0 Å². The molecule has 0 heterocycles. The predicted molar refractivity (Wildman–Crippen MR) is 463 cm³/mol. The second-order valence-corrected chi connectivity index (χ2v) is 33.2. The average molecular weight is 1560 g/mol. The molecule has 0 saturated heterocycles. The molecule has 0 N–H and O–H groups in total. The van der Waals surface area contributed by atoms with E-state index in [9.17, 15) is 28.8 Å². The lowest BCUT2D eigenvalue weighted by Crippen LogP contribution is -2.27. The van der Waals surface area contributed by atoms with Gasteiger partial charge in [-0.15, -0.1) is 0 Å². The van der Waals surface area contributed by atoms with Crippen LogP contribution in [-0.4, -0.2) is 124 Å². The smallest absolute Gasteiger partial charge is 0.306 e. The van der Waals surface area contributed by atoms with Gasteiger partial charge in [0.25, 0.3) is 0 Å². The zero-order chi connectivity index (χ0) is 80.0. The van der Waals surface area contributed by atoms with Gasteiger partial charge in [0.1, 0.15) is 25.4 Å². The minimum Gasteiger partial charge on any atom is -0.466 e. The zero-order valence-corrected chi connectivity index (χ0v) is 73.9. The molecule has 0 aliphatic carbocycles. The van der Waals surface area contributed by atoms with Gasteiger partial charge in [-0.3, -0.25) is 28.8 Å². The fraction of sp³-hybridized carbons (Fsp3) is 0.938. The van der Waals surface area contributed by atoms with Crippen LogP contribution in [0.2, 0.25) is 0 Å². The van der Waals surface area contributed by atoms with Crippen LogP contribution in [-0.2, 0) is 57.2 Å². The van der Waals surface area contributed by atoms with Crippen LogP contribution in [0.15, 0.2) is 0 Å². The van der Waals surface area contributed by atoms with E-state index in [-0.39, 0.29) is 61.2 Å². The first kappa shape index (κ1) is 107. The minimum atomic E-state index is -0.250. The van der Waals surface area contributed by atoms with Gasteiger partial charge in [0, 0.05) is 38.5 Å². The molecule has 0 spiro atoms. The van der Waals surface area contributed by atoms with Crippen molar-refractivity contribution < 1.29 is 57.2 Å². The van der Waals surface area contributed by atoms with Crippen molar-refractivity contribution in [2.45, 2.75) is 516 Å². The molecule has 0 aliphatic heterocycles. The first-order valence-electron chi connectivity index (χ1n) is 48.5. The number of carbonyl (C=O) groups is 6. The molecule has 0 bridgehead atoms. The Labute approximate surface area is 681 Å². The van der Waals surface area contributed by atoms with Gasteiger partial charge in [-0.25, -0.2) is 0 Å². The Morgan fingerprint density at radius 3 is 0.582 bits per heavy atom. The van der Waals surface area contributed by atoms with Crippen molar-refractivity contribution in [1.29, 1.82) is 0 Å². The molecular weight excluding hydrogens is 1370 g/mol. The van der Waals surface area contributed by atoms with E-state index in [1.807, 2.05) is 0 Å². The van der Waals surface area contributed by atoms with Crippen LogP contribution in [0.5, 0.6) is 0 Å². The Hall–Kier alpha value is -3.26. The summed E-state index contributed by atoms with van der Waals surface area (Å²) in [6, 6.07) is 0. The summed E-state index contributed by atoms with van der Waals surface area (Å²) in [5.41, 5.74) is 0. The molecular formula is C96H184N2O12. The number of esters is 6. The molecule has 0 rings (SSSR count). The van der Waals surface area contributed by atoms with E-state index in [1.54, 1.807) is 0 Å². The van der Waals surface area contributed by atoms with E-state index >= 15 is 0 Å². The van der Waals surface area contributed by atoms with Crippen molar-refractivity contribution in [2.75, 3.05) is 65.7 Å². The van der Waals surface area contributed by atoms with Crippen LogP contribution < -0.4 is 0 Å². The monoisotopic (exact) mass is 1560 g/mol. The Balaban J connectivity index is 5.16. The SMILES string of the molecule is CCCCCCCCCOC(=O)CCCCCCCN(CCCCCCCC(=O)OC(CCCCCCCC)CCCCCCCC)CCCCC(=O)OCCOC(=O)CCCCN(CCCCCCCC(=O)OCCCCCCCCC)CCCCCCCC(=O)OC(CCCCCCCC)CCCCCCCC. The highest BCUT2D eigenvalue weighted by Gasteiger charge is 2.18. The van der Waals surface area contributed by atoms with Crippen LogP contribution in [0.1, 0.15) is 504 Å². The maximum absolute atomic E-state index is 13.1. The molecule has 0 atom stereocenters. The Bertz CT molecular complexity index is 1800. The summed E-state index contributed by atoms with van der Waals surface area (Å²) in [6.45, 7) is 20.7. The maximum atomic E-state index is 13.1. The van der Waals surface area contributed by atoms with E-state index in [2.05, 4.69) is 51.3 Å². The van der Waals surface area contributed by atoms with Gasteiger partial charge < -0.3 is 38.2 Å². The fourth-order valence-electron chi connectivity index (χ4n) is 15.1. The number of carbonyl (C=O) groups excluding carboxylic acids is 6. The van der Waals surface area contributed by atoms with E-state index in [4.69, 9.17) is 28.4 Å². The first-order chi connectivity index (χ1) is 54.0. The van der Waals surface area contributed by atoms with Crippen molar-refractivity contribution in [3.05, 3.63) is 0 Å². The summed E-state index contributed by atoms with van der Waals surface area (Å²) in [5, 5.41) is 0. The summed E-state index contributed by atoms with van der Waals surface area (Å²) >= 11 is 0. The van der Waals surface area contributed by atoms with E-state index in [0.717, 1.165) is 270 Å². The lowest BCUT2D eigenvalue weighted by atomic mass is 10.0. The van der Waals surface area contributed by atoms with Gasteiger partial charge >= 0.3 is 35.8 Å². The van der Waals surface area contributed by atoms with Crippen molar-refractivity contribution in [3.8, 4) is 0 Å². The van der Waals surface area contributed by atoms with E-state index in [0.29, 0.717) is 51.7 Å². The number of unbranched alkanes of at least 4 members (excludes halogenated alkanes) is 50. The van der Waals surface area contributed by atoms with Gasteiger partial charge in [-0.1, -0.05) is 324 Å². The number of hydrogen-bond donors (Lipinski definition) is 0. The number of nitrogens with zero attached hydrogens (tertiary/aromatic N) is 2. The summed E-state index contributed by atoms with van der Waals surface area (Å²) in [4.78, 5) is 81.8. The third kappa shape index (κ3) is 81.3. The molecule has 14 nitrogen and oxygen atoms in total. The summed E-state index contributed by atoms with van der Waals surface area (Å²) in [5.74, 6) is -0.633. The van der Waals surface area contributed by atoms with Gasteiger partial charge in [-0.05, 0) is 181 Å². The van der Waals surface area contributed by atoms with Crippen LogP contribution in [0.25, 0.3) is 0 Å². The Morgan fingerprint density at radius 1 is 0.182 bits per heavy atom. The summed E-state index contributed by atoms with van der Waals surface area (Å²) in [6.07, 6.45) is 78.3. The van der Waals surface area contributed by atoms with Gasteiger partial charge in [0.05, 0.1) is 13.2 Å². The van der Waals surface area contributed by atoms with Crippen molar-refractivity contribution in [2.24, 2.45) is 0 Å². The molecule has 0 aliphatic rings. The largest absolute Gasteiger partial charge is 0.466 e. The second-order valence-electron chi connectivity index (χ2n) is 33.2. The number of hydrogen-bond acceptors (Lipinski definition) is 14. The normalized spacial score (nSPS) is 11.6. The molecule has 110 heavy (non-hydrogen) atoms. The Morgan fingerprint density at radius 2 is 0.345 bits per heavy atom. The Kier molecular flexibility index (Phi) is 85.5. The lowest BCUT2D eigenvalue weighted by Gasteiger charge is -2.22. The van der Waals surface area contributed by atoms with Gasteiger partial charge in [-0.2, -0.15) is 0 Å². The zero-order valence-electron chi connectivity index (χ0n) is 73.9. The molecule has 0 unspecified atom stereocenters. The lowest BCUT2D eigenvalue weighted by molar-refractivity contribution is -0.152. The van der Waals surface area contributed by atoms with Crippen LogP contribution in [0, 0.1) is 0 Å². The second kappa shape index (κ2) is 88.1. The van der Waals surface area contributed by atoms with Crippen molar-refractivity contribution in [1.82, 2.24) is 9.80 Å². The molecule has 0 fully saturated rings. The van der Waals surface area contributed by atoms with Crippen molar-refractivity contribution >= 4 is 35.8 Å². The average Bonchev–Trinajstić information content (AvgIpc) is 0.990. The molecule has 0 aromatic carbocycles. The highest BCUT2D eigenvalue weighted by Crippen LogP contribution is 2.23. The molecule has 0 aromatic heterocycles. The third-order valence-electron chi connectivity index (χ3n) is 22.4. The van der Waals surface area contributed by atoms with Crippen LogP contribution in [0.4, 0.5) is 0 Å². The van der Waals surface area contributed by atoms with Crippen LogP contribution >= 0.6 is 0 Å². The van der Waals surface area contributed by atoms with E-state index in [1.165, 1.54) is 193 Å². The number of rotatable bonds is 91. The molecule has 650 valence electrons.